The fourth-order valence-corrected chi connectivity index (χ4v) is 4.08. The molecule has 1 unspecified atom stereocenters. The maximum absolute atomic E-state index is 12.9. The number of amides is 1. The first kappa shape index (κ1) is 22.2. The highest BCUT2D eigenvalue weighted by Crippen LogP contribution is 2.27. The Balaban J connectivity index is 1.78. The first-order valence-corrected chi connectivity index (χ1v) is 10.6. The molecule has 0 aromatic heterocycles. The highest BCUT2D eigenvalue weighted by Gasteiger charge is 2.35. The normalized spacial score (nSPS) is 17.3. The molecule has 0 spiro atoms. The van der Waals surface area contributed by atoms with E-state index in [9.17, 15) is 4.79 Å². The Kier molecular flexibility index (Phi) is 7.03. The quantitative estimate of drug-likeness (QED) is 0.674. The number of hydrogen-bond donors (Lipinski definition) is 0. The highest BCUT2D eigenvalue weighted by atomic mass is 16.5. The Morgan fingerprint density at radius 1 is 0.900 bits per heavy atom. The summed E-state index contributed by atoms with van der Waals surface area (Å²) in [4.78, 5) is 17.3. The number of likely N-dealkylation sites (tertiary alicyclic amines) is 1. The van der Waals surface area contributed by atoms with Crippen molar-refractivity contribution in [3.63, 3.8) is 0 Å². The van der Waals surface area contributed by atoms with Crippen LogP contribution in [0.15, 0.2) is 48.5 Å². The summed E-state index contributed by atoms with van der Waals surface area (Å²) in [6.07, 6.45) is 1.54. The Hall–Kier alpha value is -2.53. The first-order chi connectivity index (χ1) is 14.3. The van der Waals surface area contributed by atoms with Gasteiger partial charge in [-0.05, 0) is 62.6 Å². The number of carbonyl (C=O) groups excluding carboxylic acids is 1. The van der Waals surface area contributed by atoms with Crippen molar-refractivity contribution in [1.29, 1.82) is 0 Å². The van der Waals surface area contributed by atoms with Crippen molar-refractivity contribution in [2.24, 2.45) is 0 Å². The van der Waals surface area contributed by atoms with Crippen LogP contribution in [-0.4, -0.2) is 48.1 Å². The van der Waals surface area contributed by atoms with Gasteiger partial charge in [-0.15, -0.1) is 0 Å². The third kappa shape index (κ3) is 5.54. The van der Waals surface area contributed by atoms with Gasteiger partial charge < -0.3 is 14.4 Å². The number of ether oxygens (including phenoxy) is 2. The van der Waals surface area contributed by atoms with E-state index in [2.05, 4.69) is 49.9 Å². The monoisotopic (exact) mass is 410 g/mol. The van der Waals surface area contributed by atoms with E-state index in [1.807, 2.05) is 29.2 Å². The summed E-state index contributed by atoms with van der Waals surface area (Å²) in [6.45, 7) is 8.72. The van der Waals surface area contributed by atoms with Crippen LogP contribution in [0.2, 0.25) is 0 Å². The summed E-state index contributed by atoms with van der Waals surface area (Å²) < 4.78 is 10.6. The molecule has 0 radical (unpaired) electrons. The number of nitrogens with zero attached hydrogens (tertiary/aromatic N) is 2. The molecule has 2 aromatic rings. The lowest BCUT2D eigenvalue weighted by Crippen LogP contribution is -2.53. The summed E-state index contributed by atoms with van der Waals surface area (Å²) >= 11 is 0. The van der Waals surface area contributed by atoms with Gasteiger partial charge in [0.2, 0.25) is 5.91 Å². The van der Waals surface area contributed by atoms with E-state index < -0.39 is 0 Å². The van der Waals surface area contributed by atoms with E-state index in [4.69, 9.17) is 9.47 Å². The van der Waals surface area contributed by atoms with Gasteiger partial charge in [-0.2, -0.15) is 0 Å². The van der Waals surface area contributed by atoms with E-state index in [0.29, 0.717) is 6.42 Å². The lowest BCUT2D eigenvalue weighted by Gasteiger charge is -2.43. The fraction of sp³-hybridized carbons (Fsp3) is 0.480. The van der Waals surface area contributed by atoms with E-state index in [0.717, 1.165) is 37.6 Å². The number of methoxy groups -OCH3 is 2. The minimum Gasteiger partial charge on any atom is -0.497 e. The molecule has 1 fully saturated rings. The van der Waals surface area contributed by atoms with Crippen LogP contribution in [-0.2, 0) is 17.9 Å². The zero-order chi connectivity index (χ0) is 21.7. The van der Waals surface area contributed by atoms with Crippen molar-refractivity contribution in [2.45, 2.75) is 58.3 Å². The topological polar surface area (TPSA) is 42.0 Å². The first-order valence-electron chi connectivity index (χ1n) is 10.6. The highest BCUT2D eigenvalue weighted by molar-refractivity contribution is 5.78. The van der Waals surface area contributed by atoms with Gasteiger partial charge in [0.25, 0.3) is 0 Å². The maximum Gasteiger partial charge on any atom is 0.224 e. The molecule has 0 bridgehead atoms. The Bertz CT molecular complexity index is 775. The van der Waals surface area contributed by atoms with Crippen LogP contribution in [0, 0.1) is 0 Å². The van der Waals surface area contributed by atoms with Crippen molar-refractivity contribution in [2.75, 3.05) is 20.8 Å². The zero-order valence-electron chi connectivity index (χ0n) is 18.9. The molecule has 162 valence electrons. The second-order valence-corrected chi connectivity index (χ2v) is 8.96. The summed E-state index contributed by atoms with van der Waals surface area (Å²) in [5, 5.41) is 0. The number of rotatable bonds is 7. The minimum atomic E-state index is -0.126. The van der Waals surface area contributed by atoms with E-state index >= 15 is 0 Å². The van der Waals surface area contributed by atoms with Gasteiger partial charge >= 0.3 is 0 Å². The molecule has 3 rings (SSSR count). The van der Waals surface area contributed by atoms with Gasteiger partial charge in [0, 0.05) is 37.6 Å². The molecule has 30 heavy (non-hydrogen) atoms. The van der Waals surface area contributed by atoms with E-state index in [1.54, 1.807) is 14.2 Å². The Morgan fingerprint density at radius 3 is 1.73 bits per heavy atom. The lowest BCUT2D eigenvalue weighted by atomic mass is 9.95. The van der Waals surface area contributed by atoms with Crippen LogP contribution in [0.3, 0.4) is 0 Å². The molecular formula is C25H34N2O3. The predicted molar refractivity (Wildman–Crippen MR) is 120 cm³/mol. The molecule has 1 amide bonds. The molecule has 0 saturated carbocycles. The summed E-state index contributed by atoms with van der Waals surface area (Å²) in [7, 11) is 3.36. The standard InChI is InChI=1S/C25H34N2O3/c1-25(2,3)27-15-14-21(16-24(27)28)26(17-19-6-10-22(29-4)11-7-19)18-20-8-12-23(30-5)13-9-20/h6-13,21H,14-18H2,1-5H3. The van der Waals surface area contributed by atoms with Crippen LogP contribution >= 0.6 is 0 Å². The van der Waals surface area contributed by atoms with Crippen molar-refractivity contribution in [3.05, 3.63) is 59.7 Å². The molecule has 1 aliphatic heterocycles. The van der Waals surface area contributed by atoms with Crippen LogP contribution in [0.25, 0.3) is 0 Å². The molecular weight excluding hydrogens is 376 g/mol. The Morgan fingerprint density at radius 2 is 1.37 bits per heavy atom. The SMILES string of the molecule is COc1ccc(CN(Cc2ccc(OC)cc2)C2CCN(C(C)(C)C)C(=O)C2)cc1. The van der Waals surface area contributed by atoms with Crippen molar-refractivity contribution >= 4 is 5.91 Å². The average molecular weight is 411 g/mol. The summed E-state index contributed by atoms with van der Waals surface area (Å²) in [6, 6.07) is 16.6. The van der Waals surface area contributed by atoms with Crippen LogP contribution in [0.1, 0.15) is 44.7 Å². The van der Waals surface area contributed by atoms with Crippen molar-refractivity contribution < 1.29 is 14.3 Å². The third-order valence-corrected chi connectivity index (χ3v) is 5.81. The molecule has 1 atom stereocenters. The predicted octanol–water partition coefficient (Wildman–Crippen LogP) is 4.50. The lowest BCUT2D eigenvalue weighted by molar-refractivity contribution is -0.141. The molecule has 0 N–H and O–H groups in total. The second kappa shape index (κ2) is 9.52. The van der Waals surface area contributed by atoms with Crippen molar-refractivity contribution in [1.82, 2.24) is 9.80 Å². The molecule has 1 saturated heterocycles. The zero-order valence-corrected chi connectivity index (χ0v) is 18.9. The number of carbonyl (C=O) groups is 1. The summed E-state index contributed by atoms with van der Waals surface area (Å²) in [5.74, 6) is 1.96. The largest absolute Gasteiger partial charge is 0.497 e. The molecule has 0 aliphatic carbocycles. The number of piperidine rings is 1. The Labute approximate surface area is 180 Å². The molecule has 5 heteroatoms. The minimum absolute atomic E-state index is 0.126. The average Bonchev–Trinajstić information content (AvgIpc) is 2.73. The maximum atomic E-state index is 12.9. The number of hydrogen-bond acceptors (Lipinski definition) is 4. The summed E-state index contributed by atoms with van der Waals surface area (Å²) in [5.41, 5.74) is 2.31. The van der Waals surface area contributed by atoms with Crippen LogP contribution < -0.4 is 9.47 Å². The third-order valence-electron chi connectivity index (χ3n) is 5.81. The molecule has 1 aliphatic rings. The van der Waals surface area contributed by atoms with Gasteiger partial charge in [0.1, 0.15) is 11.5 Å². The fourth-order valence-electron chi connectivity index (χ4n) is 4.08. The van der Waals surface area contributed by atoms with Gasteiger partial charge in [-0.1, -0.05) is 24.3 Å². The van der Waals surface area contributed by atoms with Gasteiger partial charge in [-0.3, -0.25) is 9.69 Å². The second-order valence-electron chi connectivity index (χ2n) is 8.96. The van der Waals surface area contributed by atoms with Gasteiger partial charge in [0.15, 0.2) is 0 Å². The molecule has 2 aromatic carbocycles. The van der Waals surface area contributed by atoms with E-state index in [1.165, 1.54) is 11.1 Å². The van der Waals surface area contributed by atoms with Gasteiger partial charge in [-0.25, -0.2) is 0 Å². The van der Waals surface area contributed by atoms with Gasteiger partial charge in [0.05, 0.1) is 14.2 Å². The smallest absolute Gasteiger partial charge is 0.224 e. The molecule has 1 heterocycles. The number of benzene rings is 2. The van der Waals surface area contributed by atoms with Crippen molar-refractivity contribution in [3.8, 4) is 11.5 Å². The molecule has 5 nitrogen and oxygen atoms in total. The van der Waals surface area contributed by atoms with Crippen LogP contribution in [0.4, 0.5) is 0 Å². The van der Waals surface area contributed by atoms with Crippen LogP contribution in [0.5, 0.6) is 11.5 Å². The van der Waals surface area contributed by atoms with E-state index in [-0.39, 0.29) is 17.5 Å².